The van der Waals surface area contributed by atoms with E-state index in [0.29, 0.717) is 12.1 Å². The summed E-state index contributed by atoms with van der Waals surface area (Å²) in [5.74, 6) is -0.589. The average Bonchev–Trinajstić information content (AvgIpc) is 3.38. The van der Waals surface area contributed by atoms with E-state index in [1.54, 1.807) is 23.1 Å². The maximum atomic E-state index is 13.8. The highest BCUT2D eigenvalue weighted by Crippen LogP contribution is 2.33. The molecule has 4 rings (SSSR count). The molecule has 0 saturated heterocycles. The molecule has 2 aromatic carbocycles. The van der Waals surface area contributed by atoms with E-state index in [1.165, 1.54) is 23.9 Å². The molecule has 0 atom stereocenters. The van der Waals surface area contributed by atoms with Gasteiger partial charge in [-0.1, -0.05) is 18.2 Å². The summed E-state index contributed by atoms with van der Waals surface area (Å²) in [7, 11) is 1.88. The minimum absolute atomic E-state index is 0.185. The Morgan fingerprint density at radius 2 is 2.03 bits per heavy atom. The highest BCUT2D eigenvalue weighted by atomic mass is 32.2. The van der Waals surface area contributed by atoms with E-state index in [2.05, 4.69) is 15.4 Å². The smallest absolute Gasteiger partial charge is 0.224 e. The van der Waals surface area contributed by atoms with Crippen LogP contribution in [-0.2, 0) is 18.3 Å². The Labute approximate surface area is 177 Å². The van der Waals surface area contributed by atoms with Gasteiger partial charge in [0.2, 0.25) is 5.91 Å². The van der Waals surface area contributed by atoms with E-state index in [0.717, 1.165) is 21.3 Å². The summed E-state index contributed by atoms with van der Waals surface area (Å²) in [5.41, 5.74) is 2.35. The summed E-state index contributed by atoms with van der Waals surface area (Å²) in [5, 5.41) is 7.93. The van der Waals surface area contributed by atoms with Crippen LogP contribution in [0.1, 0.15) is 12.0 Å². The van der Waals surface area contributed by atoms with Gasteiger partial charge in [-0.3, -0.25) is 4.79 Å². The fraction of sp³-hybridized carbons (Fsp3) is 0.136. The number of hydrogen-bond donors (Lipinski definition) is 1. The van der Waals surface area contributed by atoms with Crippen LogP contribution in [-0.4, -0.2) is 25.2 Å². The number of hydrogen-bond acceptors (Lipinski definition) is 4. The minimum Gasteiger partial charge on any atom is -0.329 e. The van der Waals surface area contributed by atoms with Crippen LogP contribution in [0.3, 0.4) is 0 Å². The Hall–Kier alpha value is -3.39. The van der Waals surface area contributed by atoms with Crippen molar-refractivity contribution in [3.05, 3.63) is 84.7 Å². The predicted octanol–water partition coefficient (Wildman–Crippen LogP) is 4.47. The molecular weight excluding hydrogens is 401 g/mol. The van der Waals surface area contributed by atoms with E-state index < -0.39 is 5.82 Å². The van der Waals surface area contributed by atoms with Crippen LogP contribution in [0.25, 0.3) is 5.69 Å². The van der Waals surface area contributed by atoms with Gasteiger partial charge in [0.05, 0.1) is 17.6 Å². The van der Waals surface area contributed by atoms with E-state index in [-0.39, 0.29) is 12.3 Å². The van der Waals surface area contributed by atoms with E-state index in [9.17, 15) is 9.18 Å². The second kappa shape index (κ2) is 8.96. The number of carbonyl (C=O) groups excluding carboxylic acids is 1. The summed E-state index contributed by atoms with van der Waals surface area (Å²) in [4.78, 5) is 17.5. The number of nitrogens with zero attached hydrogens (tertiary/aromatic N) is 4. The molecule has 0 bridgehead atoms. The summed E-state index contributed by atoms with van der Waals surface area (Å²) >= 11 is 1.37. The second-order valence-corrected chi connectivity index (χ2v) is 7.75. The molecule has 4 aromatic rings. The second-order valence-electron chi connectivity index (χ2n) is 6.74. The molecular formula is C22H20FN5OS. The standard InChI is InChI=1S/C22H20FN5OS/c1-27-12-11-24-22(27)30-20-9-8-17(23)13-19(20)26-21(29)10-7-16-14-25-28(15-16)18-5-3-2-4-6-18/h2-6,8-9,11-15H,7,10H2,1H3,(H,26,29). The molecule has 1 amide bonds. The monoisotopic (exact) mass is 421 g/mol. The van der Waals surface area contributed by atoms with Crippen molar-refractivity contribution in [2.24, 2.45) is 7.05 Å². The molecule has 2 aromatic heterocycles. The summed E-state index contributed by atoms with van der Waals surface area (Å²) in [6.45, 7) is 0. The third kappa shape index (κ3) is 4.77. The van der Waals surface area contributed by atoms with Gasteiger partial charge >= 0.3 is 0 Å². The number of imidazole rings is 1. The molecule has 0 unspecified atom stereocenters. The Morgan fingerprint density at radius 1 is 1.20 bits per heavy atom. The highest BCUT2D eigenvalue weighted by Gasteiger charge is 2.12. The van der Waals surface area contributed by atoms with Gasteiger partial charge in [-0.05, 0) is 54.1 Å². The molecule has 0 saturated carbocycles. The Bertz CT molecular complexity index is 1160. The number of amides is 1. The fourth-order valence-electron chi connectivity index (χ4n) is 2.92. The van der Waals surface area contributed by atoms with E-state index in [4.69, 9.17) is 0 Å². The lowest BCUT2D eigenvalue weighted by atomic mass is 10.2. The molecule has 152 valence electrons. The summed E-state index contributed by atoms with van der Waals surface area (Å²) in [6, 6.07) is 14.1. The van der Waals surface area contributed by atoms with Gasteiger partial charge in [-0.25, -0.2) is 14.1 Å². The first-order valence-electron chi connectivity index (χ1n) is 9.42. The van der Waals surface area contributed by atoms with Crippen molar-refractivity contribution in [1.29, 1.82) is 0 Å². The molecule has 0 aliphatic heterocycles. The van der Waals surface area contributed by atoms with Gasteiger partial charge in [-0.2, -0.15) is 5.10 Å². The van der Waals surface area contributed by atoms with Crippen LogP contribution >= 0.6 is 11.8 Å². The molecule has 8 heteroatoms. The van der Waals surface area contributed by atoms with Gasteiger partial charge in [0, 0.05) is 37.0 Å². The SMILES string of the molecule is Cn1ccnc1Sc1ccc(F)cc1NC(=O)CCc1cnn(-c2ccccc2)c1. The number of rotatable bonds is 7. The van der Waals surface area contributed by atoms with Gasteiger partial charge in [0.15, 0.2) is 5.16 Å². The molecule has 2 heterocycles. The first kappa shape index (κ1) is 19.9. The van der Waals surface area contributed by atoms with Crippen molar-refractivity contribution in [3.63, 3.8) is 0 Å². The normalized spacial score (nSPS) is 10.9. The summed E-state index contributed by atoms with van der Waals surface area (Å²) < 4.78 is 17.4. The molecule has 0 radical (unpaired) electrons. The molecule has 1 N–H and O–H groups in total. The van der Waals surface area contributed by atoms with E-state index >= 15 is 0 Å². The molecule has 0 aliphatic carbocycles. The molecule has 6 nitrogen and oxygen atoms in total. The lowest BCUT2D eigenvalue weighted by Crippen LogP contribution is -2.13. The van der Waals surface area contributed by atoms with Crippen LogP contribution in [0.5, 0.6) is 0 Å². The first-order chi connectivity index (χ1) is 14.6. The number of aromatic nitrogens is 4. The Kier molecular flexibility index (Phi) is 5.94. The zero-order valence-corrected chi connectivity index (χ0v) is 17.1. The Morgan fingerprint density at radius 3 is 2.80 bits per heavy atom. The van der Waals surface area contributed by atoms with Crippen molar-refractivity contribution in [1.82, 2.24) is 19.3 Å². The lowest BCUT2D eigenvalue weighted by molar-refractivity contribution is -0.116. The molecule has 0 aliphatic rings. The topological polar surface area (TPSA) is 64.7 Å². The largest absolute Gasteiger partial charge is 0.329 e. The van der Waals surface area contributed by atoms with Crippen molar-refractivity contribution < 1.29 is 9.18 Å². The number of benzene rings is 2. The van der Waals surface area contributed by atoms with Gasteiger partial charge in [-0.15, -0.1) is 0 Å². The van der Waals surface area contributed by atoms with Gasteiger partial charge in [0.1, 0.15) is 5.82 Å². The van der Waals surface area contributed by atoms with Crippen LogP contribution in [0.4, 0.5) is 10.1 Å². The van der Waals surface area contributed by atoms with Crippen LogP contribution in [0, 0.1) is 5.82 Å². The predicted molar refractivity (Wildman–Crippen MR) is 114 cm³/mol. The van der Waals surface area contributed by atoms with Crippen LogP contribution in [0.15, 0.2) is 83.4 Å². The van der Waals surface area contributed by atoms with Crippen LogP contribution < -0.4 is 5.32 Å². The average molecular weight is 422 g/mol. The Balaban J connectivity index is 1.40. The number of nitrogens with one attached hydrogen (secondary N) is 1. The number of para-hydroxylation sites is 1. The number of carbonyl (C=O) groups is 1. The van der Waals surface area contributed by atoms with Crippen molar-refractivity contribution in [2.45, 2.75) is 22.9 Å². The molecule has 0 fully saturated rings. The number of aryl methyl sites for hydroxylation is 2. The minimum atomic E-state index is -0.404. The van der Waals surface area contributed by atoms with Crippen molar-refractivity contribution in [3.8, 4) is 5.69 Å². The quantitative estimate of drug-likeness (QED) is 0.478. The highest BCUT2D eigenvalue weighted by molar-refractivity contribution is 7.99. The van der Waals surface area contributed by atoms with Gasteiger partial charge < -0.3 is 9.88 Å². The van der Waals surface area contributed by atoms with Crippen molar-refractivity contribution in [2.75, 3.05) is 5.32 Å². The number of halogens is 1. The van der Waals surface area contributed by atoms with Crippen molar-refractivity contribution >= 4 is 23.4 Å². The third-order valence-electron chi connectivity index (χ3n) is 4.49. The maximum absolute atomic E-state index is 13.8. The first-order valence-corrected chi connectivity index (χ1v) is 10.2. The zero-order chi connectivity index (χ0) is 20.9. The zero-order valence-electron chi connectivity index (χ0n) is 16.3. The maximum Gasteiger partial charge on any atom is 0.224 e. The molecule has 30 heavy (non-hydrogen) atoms. The summed E-state index contributed by atoms with van der Waals surface area (Å²) in [6.07, 6.45) is 8.00. The van der Waals surface area contributed by atoms with E-state index in [1.807, 2.05) is 54.3 Å². The molecule has 0 spiro atoms. The van der Waals surface area contributed by atoms with Gasteiger partial charge in [0.25, 0.3) is 0 Å². The lowest BCUT2D eigenvalue weighted by Gasteiger charge is -2.11. The number of anilines is 1. The third-order valence-corrected chi connectivity index (χ3v) is 5.64. The van der Waals surface area contributed by atoms with Crippen LogP contribution in [0.2, 0.25) is 0 Å². The fourth-order valence-corrected chi connectivity index (χ4v) is 3.79.